The highest BCUT2D eigenvalue weighted by Gasteiger charge is 2.27. The van der Waals surface area contributed by atoms with Gasteiger partial charge in [-0.15, -0.1) is 0 Å². The standard InChI is InChI=1S/C12H13F3O3/c1-17-11-5-3-2-4-9(11)10(16)6-7-18-8-12(13,14)15/h2-5H,6-8H2,1H3. The molecule has 0 aliphatic rings. The first-order valence-corrected chi connectivity index (χ1v) is 5.25. The van der Waals surface area contributed by atoms with Crippen LogP contribution >= 0.6 is 0 Å². The van der Waals surface area contributed by atoms with Gasteiger partial charge in [-0.25, -0.2) is 0 Å². The second kappa shape index (κ2) is 6.39. The first kappa shape index (κ1) is 14.5. The number of hydrogen-bond donors (Lipinski definition) is 0. The summed E-state index contributed by atoms with van der Waals surface area (Å²) >= 11 is 0. The molecule has 3 nitrogen and oxygen atoms in total. The molecule has 0 N–H and O–H groups in total. The van der Waals surface area contributed by atoms with Gasteiger partial charge >= 0.3 is 6.18 Å². The van der Waals surface area contributed by atoms with Gasteiger partial charge in [-0.05, 0) is 12.1 Å². The minimum absolute atomic E-state index is 0.115. The Morgan fingerprint density at radius 2 is 1.94 bits per heavy atom. The van der Waals surface area contributed by atoms with Crippen LogP contribution < -0.4 is 4.74 Å². The Kier molecular flexibility index (Phi) is 5.15. The number of ether oxygens (including phenoxy) is 2. The summed E-state index contributed by atoms with van der Waals surface area (Å²) in [5.74, 6) is 0.0907. The number of methoxy groups -OCH3 is 1. The third kappa shape index (κ3) is 4.75. The average Bonchev–Trinajstić information content (AvgIpc) is 2.33. The second-order valence-corrected chi connectivity index (χ2v) is 3.54. The van der Waals surface area contributed by atoms with Crippen LogP contribution in [0.15, 0.2) is 24.3 Å². The van der Waals surface area contributed by atoms with Crippen molar-refractivity contribution in [1.82, 2.24) is 0 Å². The van der Waals surface area contributed by atoms with Crippen LogP contribution in [0.5, 0.6) is 5.75 Å². The van der Waals surface area contributed by atoms with E-state index in [0.717, 1.165) is 0 Å². The van der Waals surface area contributed by atoms with Crippen molar-refractivity contribution < 1.29 is 27.4 Å². The van der Waals surface area contributed by atoms with E-state index in [0.29, 0.717) is 11.3 Å². The van der Waals surface area contributed by atoms with Crippen LogP contribution in [0, 0.1) is 0 Å². The molecule has 0 unspecified atom stereocenters. The molecule has 0 radical (unpaired) electrons. The number of carbonyl (C=O) groups excluding carboxylic acids is 1. The van der Waals surface area contributed by atoms with Gasteiger partial charge < -0.3 is 9.47 Å². The molecule has 1 rings (SSSR count). The molecular weight excluding hydrogens is 249 g/mol. The van der Waals surface area contributed by atoms with E-state index in [9.17, 15) is 18.0 Å². The fourth-order valence-electron chi connectivity index (χ4n) is 1.36. The molecule has 0 amide bonds. The molecule has 0 fully saturated rings. The lowest BCUT2D eigenvalue weighted by atomic mass is 10.1. The lowest BCUT2D eigenvalue weighted by Crippen LogP contribution is -2.18. The van der Waals surface area contributed by atoms with E-state index in [4.69, 9.17) is 4.74 Å². The lowest BCUT2D eigenvalue weighted by molar-refractivity contribution is -0.173. The molecule has 0 heterocycles. The lowest BCUT2D eigenvalue weighted by Gasteiger charge is -2.09. The highest BCUT2D eigenvalue weighted by atomic mass is 19.4. The number of ketones is 1. The molecule has 6 heteroatoms. The van der Waals surface area contributed by atoms with Crippen molar-refractivity contribution in [3.05, 3.63) is 29.8 Å². The number of carbonyl (C=O) groups is 1. The Balaban J connectivity index is 2.46. The highest BCUT2D eigenvalue weighted by molar-refractivity contribution is 5.98. The molecule has 0 atom stereocenters. The summed E-state index contributed by atoms with van der Waals surface area (Å²) in [6.45, 7) is -1.61. The van der Waals surface area contributed by atoms with Crippen LogP contribution in [0.2, 0.25) is 0 Å². The van der Waals surface area contributed by atoms with Gasteiger partial charge in [-0.2, -0.15) is 13.2 Å². The molecule has 0 aliphatic heterocycles. The third-order valence-electron chi connectivity index (χ3n) is 2.15. The molecule has 0 aromatic heterocycles. The monoisotopic (exact) mass is 262 g/mol. The Labute approximate surface area is 103 Å². The van der Waals surface area contributed by atoms with Gasteiger partial charge in [-0.3, -0.25) is 4.79 Å². The molecule has 100 valence electrons. The normalized spacial score (nSPS) is 11.3. The maximum atomic E-state index is 11.8. The first-order chi connectivity index (χ1) is 8.44. The first-order valence-electron chi connectivity index (χ1n) is 5.25. The summed E-state index contributed by atoms with van der Waals surface area (Å²) in [6.07, 6.45) is -4.48. The number of rotatable bonds is 6. The number of para-hydroxylation sites is 1. The van der Waals surface area contributed by atoms with E-state index in [2.05, 4.69) is 4.74 Å². The number of hydrogen-bond acceptors (Lipinski definition) is 3. The summed E-state index contributed by atoms with van der Waals surface area (Å²) in [4.78, 5) is 11.7. The number of alkyl halides is 3. The Morgan fingerprint density at radius 3 is 2.56 bits per heavy atom. The molecule has 0 aliphatic carbocycles. The molecule has 18 heavy (non-hydrogen) atoms. The van der Waals surface area contributed by atoms with Gasteiger partial charge in [0, 0.05) is 6.42 Å². The van der Waals surface area contributed by atoms with Crippen molar-refractivity contribution in [2.75, 3.05) is 20.3 Å². The number of halogens is 3. The molecule has 0 spiro atoms. The average molecular weight is 262 g/mol. The maximum Gasteiger partial charge on any atom is 0.411 e. The van der Waals surface area contributed by atoms with E-state index in [-0.39, 0.29) is 18.8 Å². The predicted molar refractivity (Wildman–Crippen MR) is 58.8 cm³/mol. The third-order valence-corrected chi connectivity index (χ3v) is 2.15. The molecular formula is C12H13F3O3. The van der Waals surface area contributed by atoms with Gasteiger partial charge in [0.05, 0.1) is 19.3 Å². The molecule has 0 bridgehead atoms. The topological polar surface area (TPSA) is 35.5 Å². The van der Waals surface area contributed by atoms with Crippen molar-refractivity contribution in [3.8, 4) is 5.75 Å². The maximum absolute atomic E-state index is 11.8. The SMILES string of the molecule is COc1ccccc1C(=O)CCOCC(F)(F)F. The number of benzene rings is 1. The van der Waals surface area contributed by atoms with E-state index in [1.165, 1.54) is 7.11 Å². The molecule has 0 saturated carbocycles. The quantitative estimate of drug-likeness (QED) is 0.584. The van der Waals surface area contributed by atoms with Crippen LogP contribution in [0.25, 0.3) is 0 Å². The molecule has 0 saturated heterocycles. The van der Waals surface area contributed by atoms with Gasteiger partial charge in [0.25, 0.3) is 0 Å². The Hall–Kier alpha value is -1.56. The van der Waals surface area contributed by atoms with Crippen molar-refractivity contribution in [3.63, 3.8) is 0 Å². The van der Waals surface area contributed by atoms with Crippen molar-refractivity contribution in [1.29, 1.82) is 0 Å². The minimum Gasteiger partial charge on any atom is -0.496 e. The number of Topliss-reactive ketones (excluding diaryl/α,β-unsaturated/α-hetero) is 1. The molecule has 1 aromatic carbocycles. The zero-order chi connectivity index (χ0) is 13.6. The highest BCUT2D eigenvalue weighted by Crippen LogP contribution is 2.19. The van der Waals surface area contributed by atoms with Crippen LogP contribution in [0.4, 0.5) is 13.2 Å². The van der Waals surface area contributed by atoms with Gasteiger partial charge in [0.15, 0.2) is 5.78 Å². The predicted octanol–water partition coefficient (Wildman–Crippen LogP) is 2.85. The van der Waals surface area contributed by atoms with Crippen LogP contribution in [0.3, 0.4) is 0 Å². The van der Waals surface area contributed by atoms with Gasteiger partial charge in [-0.1, -0.05) is 12.1 Å². The van der Waals surface area contributed by atoms with Gasteiger partial charge in [0.2, 0.25) is 0 Å². The summed E-state index contributed by atoms with van der Waals surface area (Å²) in [7, 11) is 1.42. The van der Waals surface area contributed by atoms with Crippen LogP contribution in [0.1, 0.15) is 16.8 Å². The van der Waals surface area contributed by atoms with E-state index in [1.807, 2.05) is 0 Å². The van der Waals surface area contributed by atoms with Crippen LogP contribution in [-0.4, -0.2) is 32.3 Å². The van der Waals surface area contributed by atoms with Crippen molar-refractivity contribution >= 4 is 5.78 Å². The smallest absolute Gasteiger partial charge is 0.411 e. The van der Waals surface area contributed by atoms with Gasteiger partial charge in [0.1, 0.15) is 12.4 Å². The fourth-order valence-corrected chi connectivity index (χ4v) is 1.36. The Bertz CT molecular complexity index is 402. The van der Waals surface area contributed by atoms with Crippen LogP contribution in [-0.2, 0) is 4.74 Å². The summed E-state index contributed by atoms with van der Waals surface area (Å²) in [6, 6.07) is 6.54. The summed E-state index contributed by atoms with van der Waals surface area (Å²) in [5.41, 5.74) is 0.343. The zero-order valence-corrected chi connectivity index (χ0v) is 9.79. The second-order valence-electron chi connectivity index (χ2n) is 3.54. The molecule has 1 aromatic rings. The van der Waals surface area contributed by atoms with Crippen molar-refractivity contribution in [2.45, 2.75) is 12.6 Å². The minimum atomic E-state index is -4.37. The fraction of sp³-hybridized carbons (Fsp3) is 0.417. The van der Waals surface area contributed by atoms with Crippen molar-refractivity contribution in [2.24, 2.45) is 0 Å². The van der Waals surface area contributed by atoms with E-state index >= 15 is 0 Å². The van der Waals surface area contributed by atoms with E-state index < -0.39 is 12.8 Å². The largest absolute Gasteiger partial charge is 0.496 e. The zero-order valence-electron chi connectivity index (χ0n) is 9.79. The summed E-state index contributed by atoms with van der Waals surface area (Å²) in [5, 5.41) is 0. The summed E-state index contributed by atoms with van der Waals surface area (Å²) < 4.78 is 44.7. The van der Waals surface area contributed by atoms with E-state index in [1.54, 1.807) is 24.3 Å². The Morgan fingerprint density at radius 1 is 1.28 bits per heavy atom.